The molecule has 12 aromatic rings. The zero-order valence-corrected chi connectivity index (χ0v) is 31.6. The predicted octanol–water partition coefficient (Wildman–Crippen LogP) is 14.6. The molecule has 4 heterocycles. The highest BCUT2D eigenvalue weighted by atomic mass is 32.1. The number of fused-ring (bicyclic) bond motifs is 10. The van der Waals surface area contributed by atoms with E-state index in [9.17, 15) is 0 Å². The van der Waals surface area contributed by atoms with Crippen molar-refractivity contribution in [1.29, 1.82) is 0 Å². The smallest absolute Gasteiger partial charge is 0.0730 e. The molecular weight excluding hydrogens is 711 g/mol. The van der Waals surface area contributed by atoms with Crippen LogP contribution in [0.5, 0.6) is 0 Å². The first-order valence-corrected chi connectivity index (χ1v) is 20.2. The van der Waals surface area contributed by atoms with E-state index >= 15 is 0 Å². The highest BCUT2D eigenvalue weighted by Gasteiger charge is 2.19. The minimum atomic E-state index is 0.950. The monoisotopic (exact) mass is 743 g/mol. The topological polar surface area (TPSA) is 22.8 Å². The van der Waals surface area contributed by atoms with Crippen molar-refractivity contribution in [1.82, 2.24) is 14.1 Å². The van der Waals surface area contributed by atoms with Gasteiger partial charge >= 0.3 is 0 Å². The molecule has 0 saturated carbocycles. The summed E-state index contributed by atoms with van der Waals surface area (Å²) < 4.78 is 7.51. The quantitative estimate of drug-likeness (QED) is 0.172. The summed E-state index contributed by atoms with van der Waals surface area (Å²) in [5, 5.41) is 7.72. The second kappa shape index (κ2) is 12.6. The molecule has 4 aromatic heterocycles. The molecule has 12 rings (SSSR count). The standard InChI is InChI=1S/C53H33N3S/c1-3-13-35(14-4-1)45-32-39(33-46(54-45)36-15-5-2-6-16-36)56-47-20-10-7-17-40(47)44-31-37(25-29-49(44)56)34-23-26-38(27-24-34)55-48-21-11-8-19-43(48)52-50(55)30-28-42-41-18-9-12-22-51(41)57-53(42)52/h1-33H. The van der Waals surface area contributed by atoms with Gasteiger partial charge in [0.05, 0.1) is 39.1 Å². The van der Waals surface area contributed by atoms with Crippen molar-refractivity contribution in [2.45, 2.75) is 0 Å². The van der Waals surface area contributed by atoms with Gasteiger partial charge in [-0.2, -0.15) is 0 Å². The largest absolute Gasteiger partial charge is 0.309 e. The summed E-state index contributed by atoms with van der Waals surface area (Å²) >= 11 is 1.90. The van der Waals surface area contributed by atoms with E-state index in [2.05, 4.69) is 209 Å². The molecule has 0 fully saturated rings. The van der Waals surface area contributed by atoms with Gasteiger partial charge in [0.1, 0.15) is 0 Å². The van der Waals surface area contributed by atoms with Crippen LogP contribution in [0.3, 0.4) is 0 Å². The third kappa shape index (κ3) is 5.01. The first-order chi connectivity index (χ1) is 28.3. The van der Waals surface area contributed by atoms with Crippen LogP contribution < -0.4 is 0 Å². The van der Waals surface area contributed by atoms with Gasteiger partial charge in [-0.05, 0) is 71.8 Å². The van der Waals surface area contributed by atoms with E-state index in [1.165, 1.54) is 74.9 Å². The minimum Gasteiger partial charge on any atom is -0.309 e. The summed E-state index contributed by atoms with van der Waals surface area (Å²) in [5.74, 6) is 0. The van der Waals surface area contributed by atoms with Gasteiger partial charge in [0.25, 0.3) is 0 Å². The number of rotatable bonds is 5. The predicted molar refractivity (Wildman–Crippen MR) is 242 cm³/mol. The Morgan fingerprint density at radius 3 is 1.60 bits per heavy atom. The lowest BCUT2D eigenvalue weighted by atomic mass is 10.0. The maximum Gasteiger partial charge on any atom is 0.0730 e. The van der Waals surface area contributed by atoms with E-state index in [0.29, 0.717) is 0 Å². The van der Waals surface area contributed by atoms with Crippen molar-refractivity contribution in [2.24, 2.45) is 0 Å². The zero-order chi connectivity index (χ0) is 37.5. The Hall–Kier alpha value is -7.27. The Labute approximate surface area is 333 Å². The number of hydrogen-bond donors (Lipinski definition) is 0. The SMILES string of the molecule is c1ccc(-c2cc(-n3c4ccccc4c4cc(-c5ccc(-n6c7ccccc7c7c8sc9ccccc9c8ccc76)cc5)ccc43)cc(-c3ccccc3)n2)cc1. The molecule has 0 saturated heterocycles. The normalized spacial score (nSPS) is 11.9. The summed E-state index contributed by atoms with van der Waals surface area (Å²) in [6.45, 7) is 0. The van der Waals surface area contributed by atoms with Crippen LogP contribution in [0.2, 0.25) is 0 Å². The molecule has 0 unspecified atom stereocenters. The first kappa shape index (κ1) is 32.0. The van der Waals surface area contributed by atoms with Crippen LogP contribution in [0.1, 0.15) is 0 Å². The summed E-state index contributed by atoms with van der Waals surface area (Å²) in [6, 6.07) is 72.4. The maximum atomic E-state index is 5.16. The second-order valence-corrected chi connectivity index (χ2v) is 15.8. The highest BCUT2D eigenvalue weighted by Crippen LogP contribution is 2.44. The van der Waals surface area contributed by atoms with E-state index in [1.807, 2.05) is 11.3 Å². The van der Waals surface area contributed by atoms with Crippen LogP contribution in [-0.2, 0) is 0 Å². The maximum absolute atomic E-state index is 5.16. The van der Waals surface area contributed by atoms with Gasteiger partial charge in [-0.15, -0.1) is 11.3 Å². The van der Waals surface area contributed by atoms with Crippen LogP contribution in [-0.4, -0.2) is 14.1 Å². The molecule has 266 valence electrons. The lowest BCUT2D eigenvalue weighted by molar-refractivity contribution is 1.16. The Morgan fingerprint density at radius 2 is 0.877 bits per heavy atom. The molecule has 0 aliphatic rings. The van der Waals surface area contributed by atoms with Crippen LogP contribution in [0.25, 0.3) is 109 Å². The summed E-state index contributed by atoms with van der Waals surface area (Å²) in [7, 11) is 0. The Morgan fingerprint density at radius 1 is 0.333 bits per heavy atom. The molecule has 0 spiro atoms. The van der Waals surface area contributed by atoms with E-state index in [4.69, 9.17) is 4.98 Å². The third-order valence-electron chi connectivity index (χ3n) is 11.5. The van der Waals surface area contributed by atoms with Gasteiger partial charge in [-0.3, -0.25) is 0 Å². The fourth-order valence-electron chi connectivity index (χ4n) is 8.91. The van der Waals surface area contributed by atoms with Crippen molar-refractivity contribution < 1.29 is 0 Å². The third-order valence-corrected chi connectivity index (χ3v) is 12.7. The first-order valence-electron chi connectivity index (χ1n) is 19.4. The van der Waals surface area contributed by atoms with Crippen LogP contribution in [0.4, 0.5) is 0 Å². The fraction of sp³-hybridized carbons (Fsp3) is 0. The Bertz CT molecular complexity index is 3440. The molecule has 0 bridgehead atoms. The number of nitrogens with zero attached hydrogens (tertiary/aromatic N) is 3. The molecule has 0 atom stereocenters. The number of para-hydroxylation sites is 2. The lowest BCUT2D eigenvalue weighted by Gasteiger charge is -2.13. The number of thiophene rings is 1. The van der Waals surface area contributed by atoms with Gasteiger partial charge in [0.2, 0.25) is 0 Å². The Balaban J connectivity index is 0.992. The van der Waals surface area contributed by atoms with Crippen LogP contribution in [0, 0.1) is 0 Å². The molecule has 57 heavy (non-hydrogen) atoms. The molecule has 0 N–H and O–H groups in total. The minimum absolute atomic E-state index is 0.950. The summed E-state index contributed by atoms with van der Waals surface area (Å²) in [6.07, 6.45) is 0. The van der Waals surface area contributed by atoms with Gasteiger partial charge in [-0.25, -0.2) is 4.98 Å². The van der Waals surface area contributed by atoms with Crippen molar-refractivity contribution in [3.8, 4) is 45.0 Å². The zero-order valence-electron chi connectivity index (χ0n) is 30.8. The van der Waals surface area contributed by atoms with Gasteiger partial charge in [0.15, 0.2) is 0 Å². The Kier molecular flexibility index (Phi) is 7.10. The van der Waals surface area contributed by atoms with Crippen molar-refractivity contribution in [3.05, 3.63) is 200 Å². The average molecular weight is 744 g/mol. The number of aromatic nitrogens is 3. The number of pyridine rings is 1. The van der Waals surface area contributed by atoms with Crippen molar-refractivity contribution >= 4 is 75.1 Å². The van der Waals surface area contributed by atoms with E-state index < -0.39 is 0 Å². The van der Waals surface area contributed by atoms with Gasteiger partial charge < -0.3 is 9.13 Å². The second-order valence-electron chi connectivity index (χ2n) is 14.7. The van der Waals surface area contributed by atoms with Crippen LogP contribution in [0.15, 0.2) is 200 Å². The van der Waals surface area contributed by atoms with Crippen molar-refractivity contribution in [3.63, 3.8) is 0 Å². The molecular formula is C53H33N3S. The van der Waals surface area contributed by atoms with Gasteiger partial charge in [-0.1, -0.05) is 140 Å². The van der Waals surface area contributed by atoms with E-state index in [-0.39, 0.29) is 0 Å². The molecule has 0 radical (unpaired) electrons. The molecule has 0 aliphatic heterocycles. The summed E-state index contributed by atoms with van der Waals surface area (Å²) in [5.41, 5.74) is 13.5. The summed E-state index contributed by atoms with van der Waals surface area (Å²) in [4.78, 5) is 5.16. The van der Waals surface area contributed by atoms with E-state index in [0.717, 1.165) is 33.9 Å². The van der Waals surface area contributed by atoms with Gasteiger partial charge in [0, 0.05) is 58.5 Å². The van der Waals surface area contributed by atoms with Crippen molar-refractivity contribution in [2.75, 3.05) is 0 Å². The number of hydrogen-bond acceptors (Lipinski definition) is 2. The molecule has 8 aromatic carbocycles. The van der Waals surface area contributed by atoms with E-state index in [1.54, 1.807) is 0 Å². The van der Waals surface area contributed by atoms with Crippen LogP contribution >= 0.6 is 11.3 Å². The molecule has 4 heteroatoms. The number of benzene rings is 8. The fourth-order valence-corrected chi connectivity index (χ4v) is 10.2. The highest BCUT2D eigenvalue weighted by molar-refractivity contribution is 7.26. The molecule has 0 amide bonds. The molecule has 3 nitrogen and oxygen atoms in total. The lowest BCUT2D eigenvalue weighted by Crippen LogP contribution is -1.98. The average Bonchev–Trinajstić information content (AvgIpc) is 3.94. The molecule has 0 aliphatic carbocycles.